The maximum absolute atomic E-state index is 14.4. The van der Waals surface area contributed by atoms with Crippen LogP contribution < -0.4 is 0 Å². The fraction of sp³-hybridized carbons (Fsp3) is 1.00. The van der Waals surface area contributed by atoms with Crippen LogP contribution in [0.25, 0.3) is 0 Å². The summed E-state index contributed by atoms with van der Waals surface area (Å²) in [5.74, 6) is -2.60. The second-order valence-electron chi connectivity index (χ2n) is 8.55. The van der Waals surface area contributed by atoms with Crippen molar-refractivity contribution in [1.82, 2.24) is 0 Å². The highest BCUT2D eigenvalue weighted by Gasteiger charge is 2.55. The predicted molar refractivity (Wildman–Crippen MR) is 91.3 cm³/mol. The molecular formula is C19H26ClF7O. The maximum Gasteiger partial charge on any atom is 0.364 e. The van der Waals surface area contributed by atoms with Crippen molar-refractivity contribution in [3.8, 4) is 0 Å². The summed E-state index contributed by atoms with van der Waals surface area (Å²) in [5.41, 5.74) is 0. The normalized spacial score (nSPS) is 48.4. The lowest BCUT2D eigenvalue weighted by Gasteiger charge is -2.41. The Hall–Kier alpha value is -0.240. The van der Waals surface area contributed by atoms with E-state index in [1.54, 1.807) is 0 Å². The molecule has 0 spiro atoms. The molecule has 0 N–H and O–H groups in total. The molecule has 0 radical (unpaired) electrons. The predicted octanol–water partition coefficient (Wildman–Crippen LogP) is 6.27. The lowest BCUT2D eigenvalue weighted by molar-refractivity contribution is -0.317. The number of halogens is 8. The molecule has 0 aliphatic heterocycles. The van der Waals surface area contributed by atoms with E-state index in [0.717, 1.165) is 0 Å². The standard InChI is InChI=1S/C19H26ClF7O/c20-11-7-13(21)17(14(22)8-11)19(26,27)28-12-3-1-9(2-4-12)10-5-15(23)18(25)16(24)6-10/h9-18H,1-8H2. The Kier molecular flexibility index (Phi) is 7.11. The van der Waals surface area contributed by atoms with Crippen molar-refractivity contribution in [2.24, 2.45) is 17.8 Å². The molecule has 3 rings (SSSR count). The molecule has 0 aromatic rings. The zero-order chi connectivity index (χ0) is 20.6. The molecule has 0 bridgehead atoms. The maximum atomic E-state index is 14.4. The summed E-state index contributed by atoms with van der Waals surface area (Å²) in [5, 5.41) is -0.814. The van der Waals surface area contributed by atoms with Crippen LogP contribution in [-0.2, 0) is 4.74 Å². The summed E-state index contributed by atoms with van der Waals surface area (Å²) in [6.07, 6.45) is -14.4. The SMILES string of the molecule is FC1CC(C2CCC(OC(F)(F)C3C(F)CC(Cl)CC3F)CC2)CC(F)C1F. The van der Waals surface area contributed by atoms with Gasteiger partial charge in [0.1, 0.15) is 30.6 Å². The molecule has 0 saturated heterocycles. The van der Waals surface area contributed by atoms with E-state index in [1.165, 1.54) is 0 Å². The van der Waals surface area contributed by atoms with Gasteiger partial charge in [-0.15, -0.1) is 11.6 Å². The minimum absolute atomic E-state index is 0.0668. The average molecular weight is 439 g/mol. The fourth-order valence-corrected chi connectivity index (χ4v) is 5.39. The molecule has 3 aliphatic rings. The molecular weight excluding hydrogens is 413 g/mol. The monoisotopic (exact) mass is 438 g/mol. The summed E-state index contributed by atoms with van der Waals surface area (Å²) in [6, 6.07) is 0. The van der Waals surface area contributed by atoms with E-state index >= 15 is 0 Å². The lowest BCUT2D eigenvalue weighted by Crippen LogP contribution is -2.50. The van der Waals surface area contributed by atoms with Gasteiger partial charge in [-0.25, -0.2) is 22.0 Å². The van der Waals surface area contributed by atoms with Gasteiger partial charge in [-0.1, -0.05) is 0 Å². The van der Waals surface area contributed by atoms with Gasteiger partial charge in [0.25, 0.3) is 0 Å². The van der Waals surface area contributed by atoms with Crippen molar-refractivity contribution in [3.63, 3.8) is 0 Å². The number of rotatable bonds is 4. The third-order valence-corrected chi connectivity index (χ3v) is 6.94. The quantitative estimate of drug-likeness (QED) is 0.371. The van der Waals surface area contributed by atoms with Gasteiger partial charge in [0.05, 0.1) is 6.10 Å². The number of hydrogen-bond acceptors (Lipinski definition) is 1. The van der Waals surface area contributed by atoms with E-state index in [9.17, 15) is 30.7 Å². The lowest BCUT2D eigenvalue weighted by atomic mass is 9.71. The van der Waals surface area contributed by atoms with Crippen LogP contribution >= 0.6 is 11.6 Å². The van der Waals surface area contributed by atoms with Gasteiger partial charge in [0.15, 0.2) is 6.17 Å². The van der Waals surface area contributed by atoms with Crippen LogP contribution in [0.1, 0.15) is 51.4 Å². The van der Waals surface area contributed by atoms with E-state index in [1.807, 2.05) is 0 Å². The van der Waals surface area contributed by atoms with Gasteiger partial charge in [-0.05, 0) is 63.2 Å². The van der Waals surface area contributed by atoms with Gasteiger partial charge in [-0.2, -0.15) is 8.78 Å². The van der Waals surface area contributed by atoms with Crippen molar-refractivity contribution in [2.45, 2.75) is 99.8 Å². The summed E-state index contributed by atoms with van der Waals surface area (Å²) in [6.45, 7) is 0. The van der Waals surface area contributed by atoms with Crippen LogP contribution in [0.3, 0.4) is 0 Å². The van der Waals surface area contributed by atoms with E-state index in [0.29, 0.717) is 12.8 Å². The minimum atomic E-state index is -3.95. The fourth-order valence-electron chi connectivity index (χ4n) is 5.05. The van der Waals surface area contributed by atoms with Crippen molar-refractivity contribution in [1.29, 1.82) is 0 Å². The van der Waals surface area contributed by atoms with Gasteiger partial charge in [0.2, 0.25) is 0 Å². The van der Waals surface area contributed by atoms with E-state index < -0.39 is 54.4 Å². The highest BCUT2D eigenvalue weighted by molar-refractivity contribution is 6.20. The second-order valence-corrected chi connectivity index (χ2v) is 9.17. The molecule has 4 atom stereocenters. The molecule has 9 heteroatoms. The van der Waals surface area contributed by atoms with Crippen LogP contribution in [-0.4, -0.2) is 48.4 Å². The van der Waals surface area contributed by atoms with Crippen molar-refractivity contribution in [2.75, 3.05) is 0 Å². The summed E-state index contributed by atoms with van der Waals surface area (Å²) in [4.78, 5) is 0. The van der Waals surface area contributed by atoms with Gasteiger partial charge < -0.3 is 4.74 Å². The zero-order valence-corrected chi connectivity index (χ0v) is 16.1. The largest absolute Gasteiger partial charge is 0.364 e. The number of ether oxygens (including phenoxy) is 1. The Morgan fingerprint density at radius 2 is 1.18 bits per heavy atom. The van der Waals surface area contributed by atoms with Gasteiger partial charge >= 0.3 is 6.11 Å². The molecule has 0 heterocycles. The Bertz CT molecular complexity index is 493. The summed E-state index contributed by atoms with van der Waals surface area (Å²) < 4.78 is 102. The molecule has 28 heavy (non-hydrogen) atoms. The molecule has 0 aromatic carbocycles. The Morgan fingerprint density at radius 3 is 1.68 bits per heavy atom. The third kappa shape index (κ3) is 4.90. The van der Waals surface area contributed by atoms with Crippen LogP contribution in [0.2, 0.25) is 0 Å². The highest BCUT2D eigenvalue weighted by atomic mass is 35.5. The Balaban J connectivity index is 1.52. The van der Waals surface area contributed by atoms with Crippen LogP contribution in [0.4, 0.5) is 30.7 Å². The third-order valence-electron chi connectivity index (χ3n) is 6.59. The smallest absolute Gasteiger partial charge is 0.317 e. The molecule has 0 aromatic heterocycles. The highest BCUT2D eigenvalue weighted by Crippen LogP contribution is 2.46. The molecule has 1 nitrogen and oxygen atoms in total. The van der Waals surface area contributed by atoms with E-state index in [4.69, 9.17) is 16.3 Å². The topological polar surface area (TPSA) is 9.23 Å². The van der Waals surface area contributed by atoms with Crippen LogP contribution in [0.5, 0.6) is 0 Å². The van der Waals surface area contributed by atoms with Crippen LogP contribution in [0.15, 0.2) is 0 Å². The first-order valence-corrected chi connectivity index (χ1v) is 10.4. The molecule has 4 unspecified atom stereocenters. The van der Waals surface area contributed by atoms with E-state index in [-0.39, 0.29) is 50.4 Å². The molecule has 164 valence electrons. The van der Waals surface area contributed by atoms with Crippen molar-refractivity contribution < 1.29 is 35.5 Å². The zero-order valence-electron chi connectivity index (χ0n) is 15.4. The first kappa shape index (κ1) is 22.4. The second kappa shape index (κ2) is 8.86. The summed E-state index contributed by atoms with van der Waals surface area (Å²) >= 11 is 5.69. The first-order chi connectivity index (χ1) is 13.1. The molecule has 3 fully saturated rings. The van der Waals surface area contributed by atoms with Crippen molar-refractivity contribution >= 4 is 11.6 Å². The average Bonchev–Trinajstić information content (AvgIpc) is 2.58. The Labute approximate surface area is 165 Å². The number of alkyl halides is 8. The van der Waals surface area contributed by atoms with Crippen LogP contribution in [0, 0.1) is 17.8 Å². The molecule has 0 amide bonds. The molecule has 3 saturated carbocycles. The Morgan fingerprint density at radius 1 is 0.679 bits per heavy atom. The van der Waals surface area contributed by atoms with Crippen molar-refractivity contribution in [3.05, 3.63) is 0 Å². The first-order valence-electron chi connectivity index (χ1n) is 9.98. The summed E-state index contributed by atoms with van der Waals surface area (Å²) in [7, 11) is 0. The number of hydrogen-bond donors (Lipinski definition) is 0. The van der Waals surface area contributed by atoms with Gasteiger partial charge in [0, 0.05) is 5.38 Å². The van der Waals surface area contributed by atoms with Gasteiger partial charge in [-0.3, -0.25) is 0 Å². The minimum Gasteiger partial charge on any atom is -0.317 e. The van der Waals surface area contributed by atoms with E-state index in [2.05, 4.69) is 0 Å². The molecule has 3 aliphatic carbocycles.